The van der Waals surface area contributed by atoms with Crippen molar-refractivity contribution in [1.29, 1.82) is 0 Å². The smallest absolute Gasteiger partial charge is 0.400 e. The zero-order valence-corrected chi connectivity index (χ0v) is 13.5. The van der Waals surface area contributed by atoms with Crippen molar-refractivity contribution >= 4 is 24.0 Å². The average Bonchev–Trinajstić information content (AvgIpc) is 3.13. The standard InChI is InChI=1S/C14H19N5O5/c1-3-16(4-2)7-8-17-12(20)10-18(14(17)21)15-9-11-5-6-13(24-11)19(22)23/h5-6,9H,3-4,7-8,10H2,1-2H3. The van der Waals surface area contributed by atoms with E-state index in [9.17, 15) is 19.7 Å². The number of hydrogen-bond acceptors (Lipinski definition) is 7. The van der Waals surface area contributed by atoms with E-state index in [1.165, 1.54) is 18.3 Å². The minimum absolute atomic E-state index is 0.128. The third-order valence-electron chi connectivity index (χ3n) is 3.69. The molecule has 0 aromatic carbocycles. The Balaban J connectivity index is 1.97. The molecule has 3 amide bonds. The molecule has 1 aliphatic heterocycles. The lowest BCUT2D eigenvalue weighted by atomic mass is 10.4. The van der Waals surface area contributed by atoms with Gasteiger partial charge in [0.05, 0.1) is 12.3 Å². The number of hydrogen-bond donors (Lipinski definition) is 0. The summed E-state index contributed by atoms with van der Waals surface area (Å²) in [6, 6.07) is 2.04. The number of nitrogens with zero attached hydrogens (tertiary/aromatic N) is 5. The Labute approximate surface area is 138 Å². The number of imide groups is 1. The summed E-state index contributed by atoms with van der Waals surface area (Å²) in [5.74, 6) is -0.612. The van der Waals surface area contributed by atoms with Crippen LogP contribution in [0.15, 0.2) is 21.7 Å². The molecule has 1 saturated heterocycles. The predicted molar refractivity (Wildman–Crippen MR) is 84.6 cm³/mol. The van der Waals surface area contributed by atoms with Crippen LogP contribution in [0, 0.1) is 10.1 Å². The normalized spacial score (nSPS) is 15.3. The molecule has 0 aliphatic carbocycles. The van der Waals surface area contributed by atoms with E-state index in [0.29, 0.717) is 13.1 Å². The summed E-state index contributed by atoms with van der Waals surface area (Å²) in [7, 11) is 0. The third kappa shape index (κ3) is 3.96. The third-order valence-corrected chi connectivity index (χ3v) is 3.69. The van der Waals surface area contributed by atoms with Gasteiger partial charge in [0.25, 0.3) is 5.91 Å². The topological polar surface area (TPSA) is 112 Å². The monoisotopic (exact) mass is 337 g/mol. The van der Waals surface area contributed by atoms with Gasteiger partial charge in [0.2, 0.25) is 0 Å². The maximum absolute atomic E-state index is 12.2. The first-order valence-electron chi connectivity index (χ1n) is 7.58. The first kappa shape index (κ1) is 17.6. The van der Waals surface area contributed by atoms with Crippen LogP contribution in [0.25, 0.3) is 0 Å². The van der Waals surface area contributed by atoms with E-state index in [-0.39, 0.29) is 18.2 Å². The molecule has 1 aromatic rings. The molecule has 0 atom stereocenters. The highest BCUT2D eigenvalue weighted by Crippen LogP contribution is 2.15. The molecule has 0 unspecified atom stereocenters. The molecule has 1 aromatic heterocycles. The Morgan fingerprint density at radius 3 is 2.67 bits per heavy atom. The van der Waals surface area contributed by atoms with E-state index >= 15 is 0 Å². The van der Waals surface area contributed by atoms with Crippen LogP contribution in [0.3, 0.4) is 0 Å². The highest BCUT2D eigenvalue weighted by Gasteiger charge is 2.35. The molecule has 1 fully saturated rings. The lowest BCUT2D eigenvalue weighted by molar-refractivity contribution is -0.402. The summed E-state index contributed by atoms with van der Waals surface area (Å²) in [5, 5.41) is 15.4. The van der Waals surface area contributed by atoms with Gasteiger partial charge in [0.1, 0.15) is 11.5 Å². The molecular formula is C14H19N5O5. The van der Waals surface area contributed by atoms with Crippen molar-refractivity contribution in [1.82, 2.24) is 14.8 Å². The number of rotatable bonds is 8. The van der Waals surface area contributed by atoms with Crippen molar-refractivity contribution in [3.05, 3.63) is 28.0 Å². The molecule has 0 N–H and O–H groups in total. The van der Waals surface area contributed by atoms with Gasteiger partial charge in [0.15, 0.2) is 5.76 Å². The Hall–Kier alpha value is -2.75. The van der Waals surface area contributed by atoms with Gasteiger partial charge in [-0.2, -0.15) is 5.10 Å². The van der Waals surface area contributed by atoms with Crippen LogP contribution < -0.4 is 0 Å². The number of carbonyl (C=O) groups excluding carboxylic acids is 2. The van der Waals surface area contributed by atoms with E-state index in [1.54, 1.807) is 0 Å². The van der Waals surface area contributed by atoms with E-state index in [2.05, 4.69) is 10.0 Å². The van der Waals surface area contributed by atoms with Crippen LogP contribution in [-0.4, -0.2) is 70.6 Å². The molecule has 24 heavy (non-hydrogen) atoms. The summed E-state index contributed by atoms with van der Waals surface area (Å²) >= 11 is 0. The molecule has 1 aliphatic rings. The van der Waals surface area contributed by atoms with Crippen molar-refractivity contribution in [2.75, 3.05) is 32.7 Å². The molecule has 130 valence electrons. The van der Waals surface area contributed by atoms with Gasteiger partial charge in [-0.3, -0.25) is 19.8 Å². The fourth-order valence-corrected chi connectivity index (χ4v) is 2.26. The second-order valence-electron chi connectivity index (χ2n) is 5.09. The maximum Gasteiger partial charge on any atom is 0.433 e. The summed E-state index contributed by atoms with van der Waals surface area (Å²) in [4.78, 5) is 37.3. The summed E-state index contributed by atoms with van der Waals surface area (Å²) < 4.78 is 4.91. The van der Waals surface area contributed by atoms with Crippen LogP contribution in [0.4, 0.5) is 10.7 Å². The van der Waals surface area contributed by atoms with Crippen molar-refractivity contribution in [2.45, 2.75) is 13.8 Å². The number of carbonyl (C=O) groups is 2. The minimum Gasteiger partial charge on any atom is -0.400 e. The van der Waals surface area contributed by atoms with Gasteiger partial charge in [-0.25, -0.2) is 9.80 Å². The van der Waals surface area contributed by atoms with Crippen molar-refractivity contribution in [3.8, 4) is 0 Å². The SMILES string of the molecule is CCN(CC)CCN1C(=O)CN(N=Cc2ccc([N+](=O)[O-])o2)C1=O. The van der Waals surface area contributed by atoms with Gasteiger partial charge >= 0.3 is 11.9 Å². The Morgan fingerprint density at radius 1 is 1.38 bits per heavy atom. The van der Waals surface area contributed by atoms with Gasteiger partial charge in [-0.15, -0.1) is 0 Å². The van der Waals surface area contributed by atoms with Gasteiger partial charge in [-0.1, -0.05) is 13.8 Å². The number of furan rings is 1. The molecule has 0 bridgehead atoms. The van der Waals surface area contributed by atoms with Gasteiger partial charge in [-0.05, 0) is 19.2 Å². The fourth-order valence-electron chi connectivity index (χ4n) is 2.26. The average molecular weight is 337 g/mol. The summed E-state index contributed by atoms with van der Waals surface area (Å²) in [6.07, 6.45) is 1.17. The minimum atomic E-state index is -0.670. The first-order valence-corrected chi connectivity index (χ1v) is 7.58. The number of nitro groups is 1. The van der Waals surface area contributed by atoms with E-state index in [0.717, 1.165) is 23.0 Å². The lowest BCUT2D eigenvalue weighted by Gasteiger charge is -2.21. The summed E-state index contributed by atoms with van der Waals surface area (Å²) in [6.45, 7) is 6.45. The number of urea groups is 1. The molecule has 2 rings (SSSR count). The van der Waals surface area contributed by atoms with Gasteiger partial charge < -0.3 is 9.32 Å². The molecule has 10 nitrogen and oxygen atoms in total. The quantitative estimate of drug-likeness (QED) is 0.304. The Morgan fingerprint density at radius 2 is 2.08 bits per heavy atom. The van der Waals surface area contributed by atoms with Crippen molar-refractivity contribution in [3.63, 3.8) is 0 Å². The highest BCUT2D eigenvalue weighted by atomic mass is 16.6. The van der Waals surface area contributed by atoms with Crippen LogP contribution in [0.2, 0.25) is 0 Å². The molecule has 2 heterocycles. The Bertz CT molecular complexity index is 652. The summed E-state index contributed by atoms with van der Waals surface area (Å²) in [5.41, 5.74) is 0. The Kier molecular flexibility index (Phi) is 5.64. The van der Waals surface area contributed by atoms with Crippen LogP contribution in [0.5, 0.6) is 0 Å². The largest absolute Gasteiger partial charge is 0.433 e. The fraction of sp³-hybridized carbons (Fsp3) is 0.500. The molecule has 0 spiro atoms. The second-order valence-corrected chi connectivity index (χ2v) is 5.09. The predicted octanol–water partition coefficient (Wildman–Crippen LogP) is 1.13. The van der Waals surface area contributed by atoms with E-state index in [1.807, 2.05) is 13.8 Å². The molecule has 0 saturated carbocycles. The maximum atomic E-state index is 12.2. The second kappa shape index (κ2) is 7.68. The lowest BCUT2D eigenvalue weighted by Crippen LogP contribution is -2.38. The number of likely N-dealkylation sites (N-methyl/N-ethyl adjacent to an activating group) is 1. The van der Waals surface area contributed by atoms with E-state index < -0.39 is 16.8 Å². The zero-order valence-electron chi connectivity index (χ0n) is 13.5. The molecular weight excluding hydrogens is 318 g/mol. The highest BCUT2D eigenvalue weighted by molar-refractivity contribution is 6.02. The van der Waals surface area contributed by atoms with Crippen LogP contribution in [0.1, 0.15) is 19.6 Å². The number of amides is 3. The zero-order chi connectivity index (χ0) is 17.7. The molecule has 0 radical (unpaired) electrons. The van der Waals surface area contributed by atoms with Crippen LogP contribution >= 0.6 is 0 Å². The van der Waals surface area contributed by atoms with Crippen molar-refractivity contribution < 1.29 is 18.9 Å². The first-order chi connectivity index (χ1) is 11.5. The van der Waals surface area contributed by atoms with Crippen molar-refractivity contribution in [2.24, 2.45) is 5.10 Å². The number of hydrazone groups is 1. The van der Waals surface area contributed by atoms with E-state index in [4.69, 9.17) is 4.42 Å². The molecule has 10 heteroatoms. The van der Waals surface area contributed by atoms with Crippen LogP contribution in [-0.2, 0) is 4.79 Å². The van der Waals surface area contributed by atoms with Gasteiger partial charge in [0, 0.05) is 13.1 Å².